The van der Waals surface area contributed by atoms with Gasteiger partial charge in [0.25, 0.3) is 5.91 Å². The standard InChI is InChI=1S/C70H92N12O15/c1-52-49-95-27-23-80(52)67-60-19-20-61(75-66(60)76-70(77-67)81-24-28-96-50-53(81)2)55-9-6-10-56(47-55)69(84)72-21-26-86-30-32-88-34-36-90-38-40-92-42-44-94-46-45-93-43-41-91-39-37-89-35-33-87-31-29-85-25-8-14-62(83)79-22-7-11-57(48-79)82-68-63(65(71)73-51-74-68)64(78-82)54-15-17-59(18-16-54)97-58-12-4-3-5-13-58/h3-6,8-10,12-20,47,51-53,57H,7,11,21-46,48-50H2,1-2H3,(H,72,84)(H2,71,73,74)/b14-8+/t52-,53-,57-/m1/s1. The van der Waals surface area contributed by atoms with Crippen LogP contribution in [-0.4, -0.2) is 255 Å². The Morgan fingerprint density at radius 3 is 1.81 bits per heavy atom. The van der Waals surface area contributed by atoms with Crippen LogP contribution in [-0.2, 0) is 61.6 Å². The number of nitrogen functional groups attached to an aromatic ring is 1. The van der Waals surface area contributed by atoms with Crippen molar-refractivity contribution >= 4 is 51.5 Å². The fraction of sp³-hybridized carbons (Fsp3) is 0.514. The van der Waals surface area contributed by atoms with E-state index in [2.05, 4.69) is 38.9 Å². The maximum atomic E-state index is 13.3. The number of nitrogens with one attached hydrogen (secondary N) is 1. The molecule has 10 rings (SSSR count). The molecule has 522 valence electrons. The van der Waals surface area contributed by atoms with Crippen LogP contribution < -0.4 is 25.6 Å². The third kappa shape index (κ3) is 22.1. The van der Waals surface area contributed by atoms with Gasteiger partial charge < -0.3 is 87.3 Å². The van der Waals surface area contributed by atoms with Crippen LogP contribution in [0.25, 0.3) is 44.6 Å². The molecule has 0 saturated carbocycles. The Labute approximate surface area is 566 Å². The fourth-order valence-corrected chi connectivity index (χ4v) is 11.2. The number of ether oxygens (including phenoxy) is 13. The number of nitrogens with two attached hydrogens (primary N) is 1. The van der Waals surface area contributed by atoms with Gasteiger partial charge in [0.2, 0.25) is 11.9 Å². The minimum absolute atomic E-state index is 0.0867. The van der Waals surface area contributed by atoms with Crippen molar-refractivity contribution in [2.45, 2.75) is 44.8 Å². The van der Waals surface area contributed by atoms with Gasteiger partial charge in [-0.25, -0.2) is 19.6 Å². The molecule has 0 unspecified atom stereocenters. The summed E-state index contributed by atoms with van der Waals surface area (Å²) in [6.07, 6.45) is 6.39. The van der Waals surface area contributed by atoms with Crippen LogP contribution in [0.4, 0.5) is 17.6 Å². The van der Waals surface area contributed by atoms with Crippen LogP contribution in [0, 0.1) is 0 Å². The zero-order valence-electron chi connectivity index (χ0n) is 55.7. The van der Waals surface area contributed by atoms with E-state index in [0.717, 1.165) is 47.5 Å². The Hall–Kier alpha value is -7.90. The summed E-state index contributed by atoms with van der Waals surface area (Å²) in [5.74, 6) is 2.99. The van der Waals surface area contributed by atoms with Crippen LogP contribution in [0.3, 0.4) is 0 Å². The number of carbonyl (C=O) groups is 2. The van der Waals surface area contributed by atoms with Crippen LogP contribution in [0.5, 0.6) is 11.5 Å². The van der Waals surface area contributed by atoms with Gasteiger partial charge in [0, 0.05) is 55.5 Å². The van der Waals surface area contributed by atoms with Gasteiger partial charge in [-0.3, -0.25) is 9.59 Å². The predicted octanol–water partition coefficient (Wildman–Crippen LogP) is 6.64. The molecule has 3 aromatic carbocycles. The number of carbonyl (C=O) groups excluding carboxylic acids is 2. The maximum absolute atomic E-state index is 13.3. The second kappa shape index (κ2) is 39.5. The van der Waals surface area contributed by atoms with Gasteiger partial charge in [-0.05, 0) is 87.4 Å². The summed E-state index contributed by atoms with van der Waals surface area (Å²) >= 11 is 0. The lowest BCUT2D eigenvalue weighted by Gasteiger charge is -2.37. The van der Waals surface area contributed by atoms with Gasteiger partial charge in [0.1, 0.15) is 35.2 Å². The lowest BCUT2D eigenvalue weighted by atomic mass is 10.1. The Bertz CT molecular complexity index is 3540. The number of hydrogen-bond acceptors (Lipinski definition) is 24. The largest absolute Gasteiger partial charge is 0.457 e. The van der Waals surface area contributed by atoms with E-state index in [1.807, 2.05) is 94.5 Å². The van der Waals surface area contributed by atoms with Gasteiger partial charge >= 0.3 is 0 Å². The van der Waals surface area contributed by atoms with Crippen LogP contribution >= 0.6 is 0 Å². The SMILES string of the molecule is C[C@@H]1COCCN1c1nc(N2CCOC[C@H]2C)c2ccc(-c3cccc(C(=O)NCCOCCOCCOCCOCCOCCOCCOCCOCCOCCOC/C=C/C(=O)N4CCC[C@@H](n5nc(-c6ccc(Oc7ccccc7)cc6)c6c(N)ncnc65)C4)c3)nc2n1. The van der Waals surface area contributed by atoms with E-state index in [1.165, 1.54) is 6.33 Å². The van der Waals surface area contributed by atoms with Crippen molar-refractivity contribution < 1.29 is 71.2 Å². The molecule has 0 spiro atoms. The average Bonchev–Trinajstić information content (AvgIpc) is 1.72. The van der Waals surface area contributed by atoms with Crippen molar-refractivity contribution in [2.75, 3.05) is 207 Å². The quantitative estimate of drug-likeness (QED) is 0.0300. The first-order chi connectivity index (χ1) is 47.8. The summed E-state index contributed by atoms with van der Waals surface area (Å²) in [5, 5.41) is 9.50. The predicted molar refractivity (Wildman–Crippen MR) is 364 cm³/mol. The number of amides is 2. The summed E-state index contributed by atoms with van der Waals surface area (Å²) < 4.78 is 75.4. The molecule has 27 heteroatoms. The highest BCUT2D eigenvalue weighted by Crippen LogP contribution is 2.36. The van der Waals surface area contributed by atoms with Crippen molar-refractivity contribution in [3.05, 3.63) is 115 Å². The van der Waals surface area contributed by atoms with Crippen molar-refractivity contribution in [1.29, 1.82) is 0 Å². The third-order valence-corrected chi connectivity index (χ3v) is 16.2. The molecule has 3 aliphatic heterocycles. The molecule has 27 nitrogen and oxygen atoms in total. The van der Waals surface area contributed by atoms with Gasteiger partial charge in [-0.15, -0.1) is 0 Å². The smallest absolute Gasteiger partial charge is 0.251 e. The number of piperidine rings is 1. The molecule has 3 fully saturated rings. The molecule has 3 atom stereocenters. The second-order valence-corrected chi connectivity index (χ2v) is 23.2. The fourth-order valence-electron chi connectivity index (χ4n) is 11.2. The summed E-state index contributed by atoms with van der Waals surface area (Å²) in [4.78, 5) is 56.7. The van der Waals surface area contributed by atoms with Crippen LogP contribution in [0.2, 0.25) is 0 Å². The van der Waals surface area contributed by atoms with E-state index < -0.39 is 0 Å². The van der Waals surface area contributed by atoms with Crippen LogP contribution in [0.15, 0.2) is 109 Å². The molecule has 7 heterocycles. The van der Waals surface area contributed by atoms with E-state index in [-0.39, 0.29) is 36.5 Å². The number of pyridine rings is 1. The summed E-state index contributed by atoms with van der Waals surface area (Å²) in [6.45, 7) is 18.1. The lowest BCUT2D eigenvalue weighted by Crippen LogP contribution is -2.46. The molecular formula is C70H92N12O15. The molecular weight excluding hydrogens is 1250 g/mol. The van der Waals surface area contributed by atoms with Gasteiger partial charge in [-0.2, -0.15) is 15.1 Å². The zero-order valence-corrected chi connectivity index (χ0v) is 55.7. The van der Waals surface area contributed by atoms with Crippen molar-refractivity contribution in [2.24, 2.45) is 0 Å². The highest BCUT2D eigenvalue weighted by molar-refractivity contribution is 5.99. The Morgan fingerprint density at radius 1 is 0.608 bits per heavy atom. The first kappa shape index (κ1) is 71.9. The number of likely N-dealkylation sites (tertiary alicyclic amines) is 1. The summed E-state index contributed by atoms with van der Waals surface area (Å²) in [5.41, 5.74) is 11.2. The Kier molecular flexibility index (Phi) is 29.3. The number of fused-ring (bicyclic) bond motifs is 2. The van der Waals surface area contributed by atoms with Crippen LogP contribution in [0.1, 0.15) is 43.1 Å². The molecule has 3 saturated heterocycles. The number of anilines is 3. The second-order valence-electron chi connectivity index (χ2n) is 23.2. The minimum atomic E-state index is -0.201. The van der Waals surface area contributed by atoms with E-state index in [1.54, 1.807) is 18.2 Å². The molecule has 97 heavy (non-hydrogen) atoms. The molecule has 4 aromatic heterocycles. The summed E-state index contributed by atoms with van der Waals surface area (Å²) in [6, 6.07) is 28.9. The number of rotatable bonds is 41. The highest BCUT2D eigenvalue weighted by atomic mass is 16.6. The molecule has 0 aliphatic carbocycles. The first-order valence-corrected chi connectivity index (χ1v) is 33.6. The molecule has 2 amide bonds. The van der Waals surface area contributed by atoms with Crippen molar-refractivity contribution in [3.63, 3.8) is 0 Å². The van der Waals surface area contributed by atoms with E-state index in [9.17, 15) is 9.59 Å². The Balaban J connectivity index is 0.472. The molecule has 3 aliphatic rings. The molecule has 7 aromatic rings. The monoisotopic (exact) mass is 1340 g/mol. The number of aromatic nitrogens is 7. The number of benzene rings is 3. The lowest BCUT2D eigenvalue weighted by molar-refractivity contribution is -0.127. The average molecular weight is 1340 g/mol. The van der Waals surface area contributed by atoms with E-state index in [4.69, 9.17) is 87.4 Å². The molecule has 3 N–H and O–H groups in total. The topological polar surface area (TPSA) is 284 Å². The third-order valence-electron chi connectivity index (χ3n) is 16.2. The highest BCUT2D eigenvalue weighted by Gasteiger charge is 2.30. The summed E-state index contributed by atoms with van der Waals surface area (Å²) in [7, 11) is 0. The molecule has 0 bridgehead atoms. The zero-order chi connectivity index (χ0) is 67.1. The van der Waals surface area contributed by atoms with Gasteiger partial charge in [-0.1, -0.05) is 36.4 Å². The maximum Gasteiger partial charge on any atom is 0.251 e. The van der Waals surface area contributed by atoms with E-state index >= 15 is 0 Å². The number of morpholine rings is 2. The van der Waals surface area contributed by atoms with Gasteiger partial charge in [0.15, 0.2) is 11.3 Å². The van der Waals surface area contributed by atoms with Gasteiger partial charge in [0.05, 0.1) is 193 Å². The molecule has 0 radical (unpaired) electrons. The van der Waals surface area contributed by atoms with Crippen molar-refractivity contribution in [3.8, 4) is 34.0 Å². The minimum Gasteiger partial charge on any atom is -0.457 e. The number of para-hydroxylation sites is 1. The normalized spacial score (nSPS) is 16.8. The first-order valence-electron chi connectivity index (χ1n) is 33.6. The number of hydrogen-bond donors (Lipinski definition) is 2. The van der Waals surface area contributed by atoms with Crippen molar-refractivity contribution in [1.82, 2.24) is 44.9 Å². The number of nitrogens with zero attached hydrogens (tertiary/aromatic N) is 10. The van der Waals surface area contributed by atoms with E-state index in [0.29, 0.717) is 229 Å². The Morgan fingerprint density at radius 2 is 1.20 bits per heavy atom.